The van der Waals surface area contributed by atoms with Crippen LogP contribution in [0.25, 0.3) is 11.2 Å². The lowest BCUT2D eigenvalue weighted by molar-refractivity contribution is -0.0458. The molecule has 1 aliphatic rings. The Morgan fingerprint density at radius 3 is 2.86 bits per heavy atom. The number of rotatable bonds is 3. The van der Waals surface area contributed by atoms with Crippen LogP contribution >= 0.6 is 0 Å². The fraction of sp³-hybridized carbons (Fsp3) is 0.615. The summed E-state index contributed by atoms with van der Waals surface area (Å²) < 4.78 is 22.1. The van der Waals surface area contributed by atoms with Crippen molar-refractivity contribution in [2.75, 3.05) is 18.1 Å². The van der Waals surface area contributed by atoms with Crippen LogP contribution in [-0.4, -0.2) is 49.5 Å². The third-order valence-electron chi connectivity index (χ3n) is 4.05. The first kappa shape index (κ1) is 14.9. The Morgan fingerprint density at radius 1 is 1.55 bits per heavy atom. The number of imidazole rings is 1. The van der Waals surface area contributed by atoms with Gasteiger partial charge in [-0.15, -0.1) is 0 Å². The van der Waals surface area contributed by atoms with Gasteiger partial charge in [0, 0.05) is 7.05 Å². The molecule has 0 spiro atoms. The maximum absolute atomic E-state index is 15.0. The molecule has 0 aliphatic carbocycles. The molecule has 1 fully saturated rings. The zero-order chi connectivity index (χ0) is 16.1. The molecular weight excluding hydrogens is 291 g/mol. The van der Waals surface area contributed by atoms with Crippen LogP contribution in [0.2, 0.25) is 0 Å². The first-order valence-electron chi connectivity index (χ1n) is 7.10. The van der Waals surface area contributed by atoms with Crippen LogP contribution in [0.5, 0.6) is 0 Å². The number of ether oxygens (including phenoxy) is 1. The summed E-state index contributed by atoms with van der Waals surface area (Å²) in [6, 6.07) is 0. The number of nitrogens with one attached hydrogen (secondary N) is 1. The van der Waals surface area contributed by atoms with Crippen molar-refractivity contribution < 1.29 is 14.2 Å². The lowest BCUT2D eigenvalue weighted by atomic mass is 9.97. The Labute approximate surface area is 126 Å². The number of nitrogens with two attached hydrogens (primary N) is 1. The molecule has 1 aliphatic heterocycles. The largest absolute Gasteiger partial charge is 0.387 e. The Hall–Kier alpha value is -2.00. The molecule has 0 saturated carbocycles. The summed E-state index contributed by atoms with van der Waals surface area (Å²) in [6.07, 6.45) is -0.907. The van der Waals surface area contributed by atoms with Gasteiger partial charge in [-0.3, -0.25) is 4.57 Å². The molecule has 4 N–H and O–H groups in total. The first-order chi connectivity index (χ1) is 10.4. The predicted molar refractivity (Wildman–Crippen MR) is 79.0 cm³/mol. The zero-order valence-corrected chi connectivity index (χ0v) is 12.6. The van der Waals surface area contributed by atoms with E-state index in [1.807, 2.05) is 6.92 Å². The van der Waals surface area contributed by atoms with Gasteiger partial charge in [0.1, 0.15) is 6.10 Å². The zero-order valence-electron chi connectivity index (χ0n) is 12.6. The van der Waals surface area contributed by atoms with Crippen molar-refractivity contribution in [3.05, 3.63) is 6.33 Å². The maximum atomic E-state index is 15.0. The standard InChI is InChI=1S/C13H19FN6O2/c1-4-6-8(21)13(2,14)11(22-6)20-5-17-7-9(16-3)18-12(15)19-10(7)20/h5-6,8,11,21H,4H2,1-3H3,(H3,15,16,18,19)/t6-,8-,11-,13-/m1/s1. The topological polar surface area (TPSA) is 111 Å². The summed E-state index contributed by atoms with van der Waals surface area (Å²) in [5.74, 6) is 0.497. The molecule has 3 heterocycles. The van der Waals surface area contributed by atoms with Crippen molar-refractivity contribution in [3.63, 3.8) is 0 Å². The van der Waals surface area contributed by atoms with Crippen LogP contribution in [0.15, 0.2) is 6.33 Å². The third kappa shape index (κ3) is 2.00. The van der Waals surface area contributed by atoms with Crippen LogP contribution in [0.4, 0.5) is 16.2 Å². The molecule has 1 saturated heterocycles. The molecule has 0 aromatic carbocycles. The molecule has 0 radical (unpaired) electrons. The average Bonchev–Trinajstić information content (AvgIpc) is 2.98. The van der Waals surface area contributed by atoms with Crippen LogP contribution in [0.1, 0.15) is 26.5 Å². The highest BCUT2D eigenvalue weighted by Gasteiger charge is 2.54. The number of alkyl halides is 1. The van der Waals surface area contributed by atoms with Crippen molar-refractivity contribution in [1.82, 2.24) is 19.5 Å². The number of aliphatic hydroxyl groups is 1. The van der Waals surface area contributed by atoms with Gasteiger partial charge in [-0.25, -0.2) is 9.37 Å². The second kappa shape index (κ2) is 5.03. The Bertz CT molecular complexity index is 703. The second-order valence-electron chi connectivity index (χ2n) is 5.54. The van der Waals surface area contributed by atoms with E-state index in [0.29, 0.717) is 23.4 Å². The Balaban J connectivity index is 2.13. The highest BCUT2D eigenvalue weighted by atomic mass is 19.1. The van der Waals surface area contributed by atoms with Crippen molar-refractivity contribution >= 4 is 22.9 Å². The van der Waals surface area contributed by atoms with E-state index in [1.54, 1.807) is 7.05 Å². The number of fused-ring (bicyclic) bond motifs is 1. The number of aliphatic hydroxyl groups excluding tert-OH is 1. The van der Waals surface area contributed by atoms with Gasteiger partial charge in [0.2, 0.25) is 5.95 Å². The van der Waals surface area contributed by atoms with E-state index in [1.165, 1.54) is 17.8 Å². The summed E-state index contributed by atoms with van der Waals surface area (Å²) in [6.45, 7) is 3.14. The number of anilines is 2. The number of halogens is 1. The summed E-state index contributed by atoms with van der Waals surface area (Å²) in [5.41, 5.74) is 4.54. The van der Waals surface area contributed by atoms with E-state index < -0.39 is 24.1 Å². The van der Waals surface area contributed by atoms with Gasteiger partial charge in [0.25, 0.3) is 0 Å². The number of aromatic nitrogens is 4. The van der Waals surface area contributed by atoms with E-state index in [9.17, 15) is 9.50 Å². The van der Waals surface area contributed by atoms with Crippen LogP contribution < -0.4 is 11.1 Å². The number of nitrogen functional groups attached to an aromatic ring is 1. The number of nitrogens with zero attached hydrogens (tertiary/aromatic N) is 4. The van der Waals surface area contributed by atoms with E-state index >= 15 is 0 Å². The SMILES string of the molecule is CC[C@H]1O[C@@H](n2cnc3c(NC)nc(N)nc32)[C@](C)(F)[C@@H]1O. The maximum Gasteiger partial charge on any atom is 0.224 e. The number of hydrogen-bond acceptors (Lipinski definition) is 7. The van der Waals surface area contributed by atoms with Gasteiger partial charge in [-0.2, -0.15) is 9.97 Å². The first-order valence-corrected chi connectivity index (χ1v) is 7.10. The van der Waals surface area contributed by atoms with Gasteiger partial charge in [-0.05, 0) is 13.3 Å². The molecule has 9 heteroatoms. The lowest BCUT2D eigenvalue weighted by Gasteiger charge is -2.24. The van der Waals surface area contributed by atoms with Crippen LogP contribution in [-0.2, 0) is 4.74 Å². The molecule has 3 rings (SSSR count). The van der Waals surface area contributed by atoms with E-state index in [-0.39, 0.29) is 5.95 Å². The molecular formula is C13H19FN6O2. The summed E-state index contributed by atoms with van der Waals surface area (Å²) >= 11 is 0. The summed E-state index contributed by atoms with van der Waals surface area (Å²) in [7, 11) is 1.68. The molecule has 4 atom stereocenters. The molecule has 0 bridgehead atoms. The lowest BCUT2D eigenvalue weighted by Crippen LogP contribution is -2.39. The van der Waals surface area contributed by atoms with Crippen molar-refractivity contribution in [2.24, 2.45) is 0 Å². The van der Waals surface area contributed by atoms with Gasteiger partial charge >= 0.3 is 0 Å². The van der Waals surface area contributed by atoms with Crippen LogP contribution in [0, 0.1) is 0 Å². The molecule has 2 aromatic heterocycles. The molecule has 0 amide bonds. The van der Waals surface area contributed by atoms with Gasteiger partial charge < -0.3 is 20.9 Å². The van der Waals surface area contributed by atoms with Crippen molar-refractivity contribution in [2.45, 2.75) is 44.4 Å². The van der Waals surface area contributed by atoms with E-state index in [0.717, 1.165) is 0 Å². The fourth-order valence-corrected chi connectivity index (χ4v) is 2.82. The summed E-state index contributed by atoms with van der Waals surface area (Å²) in [4.78, 5) is 12.4. The molecule has 120 valence electrons. The third-order valence-corrected chi connectivity index (χ3v) is 4.05. The number of hydrogen-bond donors (Lipinski definition) is 3. The highest BCUT2D eigenvalue weighted by molar-refractivity contribution is 5.84. The van der Waals surface area contributed by atoms with Gasteiger partial charge in [0.05, 0.1) is 12.4 Å². The van der Waals surface area contributed by atoms with E-state index in [2.05, 4.69) is 20.3 Å². The molecule has 8 nitrogen and oxygen atoms in total. The van der Waals surface area contributed by atoms with Gasteiger partial charge in [0.15, 0.2) is 28.9 Å². The van der Waals surface area contributed by atoms with E-state index in [4.69, 9.17) is 10.5 Å². The predicted octanol–water partition coefficient (Wildman–Crippen LogP) is 0.847. The minimum absolute atomic E-state index is 0.0461. The highest BCUT2D eigenvalue weighted by Crippen LogP contribution is 2.43. The average molecular weight is 310 g/mol. The van der Waals surface area contributed by atoms with Gasteiger partial charge in [-0.1, -0.05) is 6.92 Å². The fourth-order valence-electron chi connectivity index (χ4n) is 2.82. The minimum atomic E-state index is -1.96. The summed E-state index contributed by atoms with van der Waals surface area (Å²) in [5, 5.41) is 13.0. The Morgan fingerprint density at radius 2 is 2.27 bits per heavy atom. The Kier molecular flexibility index (Phi) is 3.41. The van der Waals surface area contributed by atoms with Crippen molar-refractivity contribution in [1.29, 1.82) is 0 Å². The molecule has 2 aromatic rings. The quantitative estimate of drug-likeness (QED) is 0.770. The normalized spacial score (nSPS) is 31.8. The second-order valence-corrected chi connectivity index (χ2v) is 5.54. The van der Waals surface area contributed by atoms with Crippen LogP contribution in [0.3, 0.4) is 0 Å². The molecule has 22 heavy (non-hydrogen) atoms. The monoisotopic (exact) mass is 310 g/mol. The smallest absolute Gasteiger partial charge is 0.224 e. The minimum Gasteiger partial charge on any atom is -0.387 e. The van der Waals surface area contributed by atoms with Crippen molar-refractivity contribution in [3.8, 4) is 0 Å². The molecule has 0 unspecified atom stereocenters.